The van der Waals surface area contributed by atoms with E-state index >= 15 is 0 Å². The van der Waals surface area contributed by atoms with E-state index in [-0.39, 0.29) is 18.1 Å². The third-order valence-corrected chi connectivity index (χ3v) is 1.93. The highest BCUT2D eigenvalue weighted by atomic mass is 16.5. The summed E-state index contributed by atoms with van der Waals surface area (Å²) in [6.45, 7) is 2.28. The lowest BCUT2D eigenvalue weighted by molar-refractivity contribution is 0.0696. The number of aliphatic hydroxyl groups is 1. The Morgan fingerprint density at radius 3 is 2.87 bits per heavy atom. The van der Waals surface area contributed by atoms with E-state index in [0.717, 1.165) is 0 Å². The van der Waals surface area contributed by atoms with Crippen LogP contribution in [-0.2, 0) is 0 Å². The maximum absolute atomic E-state index is 10.7. The maximum atomic E-state index is 10.7. The molecule has 0 spiro atoms. The first-order valence-corrected chi connectivity index (χ1v) is 4.70. The van der Waals surface area contributed by atoms with Crippen LogP contribution in [0.1, 0.15) is 17.3 Å². The molecule has 0 heterocycles. The second-order valence-corrected chi connectivity index (χ2v) is 3.43. The van der Waals surface area contributed by atoms with Crippen LogP contribution in [0, 0.1) is 5.92 Å². The van der Waals surface area contributed by atoms with Crippen molar-refractivity contribution in [2.24, 2.45) is 5.92 Å². The van der Waals surface area contributed by atoms with Crippen LogP contribution in [0.2, 0.25) is 0 Å². The van der Waals surface area contributed by atoms with Crippen LogP contribution in [0.3, 0.4) is 0 Å². The van der Waals surface area contributed by atoms with Crippen LogP contribution < -0.4 is 4.74 Å². The lowest BCUT2D eigenvalue weighted by Crippen LogP contribution is -2.12. The standard InChI is InChI=1S/C11H14O4/c1-8(6-12)7-15-10-4-2-3-9(5-10)11(13)14/h2-5,8,12H,6-7H2,1H3,(H,13,14). The number of hydrogen-bond donors (Lipinski definition) is 2. The van der Waals surface area contributed by atoms with Crippen molar-refractivity contribution in [3.63, 3.8) is 0 Å². The van der Waals surface area contributed by atoms with E-state index in [2.05, 4.69) is 0 Å². The van der Waals surface area contributed by atoms with Crippen LogP contribution in [0.25, 0.3) is 0 Å². The van der Waals surface area contributed by atoms with E-state index in [9.17, 15) is 4.79 Å². The summed E-state index contributed by atoms with van der Waals surface area (Å²) in [5.74, 6) is -0.427. The molecule has 0 saturated heterocycles. The number of carbonyl (C=O) groups is 1. The van der Waals surface area contributed by atoms with Crippen molar-refractivity contribution >= 4 is 5.97 Å². The van der Waals surface area contributed by atoms with Gasteiger partial charge in [0.05, 0.1) is 12.2 Å². The summed E-state index contributed by atoms with van der Waals surface area (Å²) in [7, 11) is 0. The normalized spacial score (nSPS) is 12.1. The highest BCUT2D eigenvalue weighted by Crippen LogP contribution is 2.14. The number of aliphatic hydroxyl groups excluding tert-OH is 1. The molecule has 15 heavy (non-hydrogen) atoms. The first-order chi connectivity index (χ1) is 7.13. The minimum atomic E-state index is -0.976. The molecular weight excluding hydrogens is 196 g/mol. The van der Waals surface area contributed by atoms with Crippen molar-refractivity contribution in [2.75, 3.05) is 13.2 Å². The average Bonchev–Trinajstić information content (AvgIpc) is 2.26. The summed E-state index contributed by atoms with van der Waals surface area (Å²) < 4.78 is 5.33. The fraction of sp³-hybridized carbons (Fsp3) is 0.364. The van der Waals surface area contributed by atoms with Gasteiger partial charge in [-0.1, -0.05) is 13.0 Å². The monoisotopic (exact) mass is 210 g/mol. The summed E-state index contributed by atoms with van der Waals surface area (Å²) in [5.41, 5.74) is 0.198. The second-order valence-electron chi connectivity index (χ2n) is 3.43. The van der Waals surface area contributed by atoms with Gasteiger partial charge in [-0.2, -0.15) is 0 Å². The summed E-state index contributed by atoms with van der Waals surface area (Å²) in [5, 5.41) is 17.5. The lowest BCUT2D eigenvalue weighted by Gasteiger charge is -2.10. The summed E-state index contributed by atoms with van der Waals surface area (Å²) >= 11 is 0. The highest BCUT2D eigenvalue weighted by molar-refractivity contribution is 5.87. The van der Waals surface area contributed by atoms with Crippen molar-refractivity contribution < 1.29 is 19.7 Å². The van der Waals surface area contributed by atoms with Gasteiger partial charge in [-0.15, -0.1) is 0 Å². The highest BCUT2D eigenvalue weighted by Gasteiger charge is 2.05. The molecule has 4 heteroatoms. The molecule has 1 atom stereocenters. The number of carboxylic acid groups (broad SMARTS) is 1. The molecule has 1 aromatic rings. The van der Waals surface area contributed by atoms with Crippen LogP contribution in [-0.4, -0.2) is 29.4 Å². The Balaban J connectivity index is 2.62. The predicted octanol–water partition coefficient (Wildman–Crippen LogP) is 1.39. The number of carboxylic acids is 1. The van der Waals surface area contributed by atoms with E-state index in [1.165, 1.54) is 12.1 Å². The quantitative estimate of drug-likeness (QED) is 0.770. The largest absolute Gasteiger partial charge is 0.493 e. The Labute approximate surface area is 88.1 Å². The van der Waals surface area contributed by atoms with E-state index in [0.29, 0.717) is 12.4 Å². The number of ether oxygens (including phenoxy) is 1. The van der Waals surface area contributed by atoms with Crippen LogP contribution in [0.4, 0.5) is 0 Å². The molecule has 0 aromatic heterocycles. The fourth-order valence-electron chi connectivity index (χ4n) is 1.01. The second kappa shape index (κ2) is 5.36. The maximum Gasteiger partial charge on any atom is 0.335 e. The van der Waals surface area contributed by atoms with Gasteiger partial charge in [-0.05, 0) is 18.2 Å². The Morgan fingerprint density at radius 2 is 2.27 bits per heavy atom. The SMILES string of the molecule is CC(CO)COc1cccc(C(=O)O)c1. The first kappa shape index (κ1) is 11.5. The predicted molar refractivity (Wildman–Crippen MR) is 55.1 cm³/mol. The first-order valence-electron chi connectivity index (χ1n) is 4.70. The summed E-state index contributed by atoms with van der Waals surface area (Å²) in [6.07, 6.45) is 0. The van der Waals surface area contributed by atoms with Gasteiger partial charge in [0.1, 0.15) is 5.75 Å². The number of benzene rings is 1. The molecule has 0 fully saturated rings. The molecular formula is C11H14O4. The van der Waals surface area contributed by atoms with Gasteiger partial charge < -0.3 is 14.9 Å². The zero-order valence-electron chi connectivity index (χ0n) is 8.51. The number of rotatable bonds is 5. The Hall–Kier alpha value is -1.55. The van der Waals surface area contributed by atoms with Gasteiger partial charge in [-0.3, -0.25) is 0 Å². The van der Waals surface area contributed by atoms with Crippen molar-refractivity contribution in [2.45, 2.75) is 6.92 Å². The number of aromatic carboxylic acids is 1. The van der Waals surface area contributed by atoms with Gasteiger partial charge >= 0.3 is 5.97 Å². The molecule has 0 radical (unpaired) electrons. The zero-order valence-corrected chi connectivity index (χ0v) is 8.51. The fourth-order valence-corrected chi connectivity index (χ4v) is 1.01. The molecule has 0 aliphatic rings. The van der Waals surface area contributed by atoms with Crippen LogP contribution in [0.5, 0.6) is 5.75 Å². The molecule has 1 unspecified atom stereocenters. The van der Waals surface area contributed by atoms with Crippen molar-refractivity contribution in [3.8, 4) is 5.75 Å². The topological polar surface area (TPSA) is 66.8 Å². The molecule has 1 rings (SSSR count). The van der Waals surface area contributed by atoms with Gasteiger partial charge in [-0.25, -0.2) is 4.79 Å². The molecule has 2 N–H and O–H groups in total. The van der Waals surface area contributed by atoms with E-state index in [1.807, 2.05) is 6.92 Å². The number of hydrogen-bond acceptors (Lipinski definition) is 3. The minimum absolute atomic E-state index is 0.0403. The zero-order chi connectivity index (χ0) is 11.3. The average molecular weight is 210 g/mol. The van der Waals surface area contributed by atoms with Crippen molar-refractivity contribution in [3.05, 3.63) is 29.8 Å². The molecule has 0 amide bonds. The minimum Gasteiger partial charge on any atom is -0.493 e. The van der Waals surface area contributed by atoms with Gasteiger partial charge in [0, 0.05) is 12.5 Å². The Bertz CT molecular complexity index is 335. The smallest absolute Gasteiger partial charge is 0.335 e. The Kier molecular flexibility index (Phi) is 4.12. The van der Waals surface area contributed by atoms with Gasteiger partial charge in [0.25, 0.3) is 0 Å². The van der Waals surface area contributed by atoms with Gasteiger partial charge in [0.15, 0.2) is 0 Å². The van der Waals surface area contributed by atoms with Crippen LogP contribution in [0.15, 0.2) is 24.3 Å². The molecule has 82 valence electrons. The summed E-state index contributed by atoms with van der Waals surface area (Å²) in [6, 6.07) is 6.29. The molecule has 0 aliphatic heterocycles. The lowest BCUT2D eigenvalue weighted by atomic mass is 10.2. The van der Waals surface area contributed by atoms with Crippen molar-refractivity contribution in [1.82, 2.24) is 0 Å². The third-order valence-electron chi connectivity index (χ3n) is 1.93. The Morgan fingerprint density at radius 1 is 1.53 bits per heavy atom. The van der Waals surface area contributed by atoms with E-state index in [1.54, 1.807) is 12.1 Å². The summed E-state index contributed by atoms with van der Waals surface area (Å²) in [4.78, 5) is 10.7. The molecule has 0 aliphatic carbocycles. The van der Waals surface area contributed by atoms with Gasteiger partial charge in [0.2, 0.25) is 0 Å². The molecule has 0 bridgehead atoms. The third kappa shape index (κ3) is 3.59. The molecule has 4 nitrogen and oxygen atoms in total. The molecule has 0 saturated carbocycles. The van der Waals surface area contributed by atoms with Crippen molar-refractivity contribution in [1.29, 1.82) is 0 Å². The molecule has 1 aromatic carbocycles. The van der Waals surface area contributed by atoms with E-state index < -0.39 is 5.97 Å². The van der Waals surface area contributed by atoms with Crippen LogP contribution >= 0.6 is 0 Å². The van der Waals surface area contributed by atoms with E-state index in [4.69, 9.17) is 14.9 Å².